The van der Waals surface area contributed by atoms with E-state index in [1.54, 1.807) is 6.08 Å². The van der Waals surface area contributed by atoms with Crippen molar-refractivity contribution >= 4 is 34.3 Å². The van der Waals surface area contributed by atoms with E-state index in [1.807, 2.05) is 43.4 Å². The molecule has 1 aliphatic heterocycles. The van der Waals surface area contributed by atoms with Crippen LogP contribution < -0.4 is 4.90 Å². The Morgan fingerprint density at radius 2 is 1.92 bits per heavy atom. The molecule has 2 heterocycles. The Hall–Kier alpha value is -2.53. The van der Waals surface area contributed by atoms with Crippen LogP contribution in [-0.4, -0.2) is 23.6 Å². The Balaban J connectivity index is 1.52. The number of benzene rings is 2. The fourth-order valence-corrected chi connectivity index (χ4v) is 4.16. The number of allylic oxidation sites excluding steroid dienone is 2. The number of aromatic nitrogens is 1. The van der Waals surface area contributed by atoms with E-state index in [1.165, 1.54) is 17.3 Å². The second-order valence-corrected chi connectivity index (χ2v) is 7.86. The van der Waals surface area contributed by atoms with Gasteiger partial charge in [-0.15, -0.1) is 0 Å². The molecule has 0 spiro atoms. The largest absolute Gasteiger partial charge is 0.431 e. The molecule has 0 atom stereocenters. The maximum atomic E-state index is 12.6. The topological polar surface area (TPSA) is 46.3 Å². The van der Waals surface area contributed by atoms with Crippen LogP contribution in [0.25, 0.3) is 11.1 Å². The lowest BCUT2D eigenvalue weighted by Gasteiger charge is -2.23. The molecule has 0 saturated heterocycles. The fourth-order valence-electron chi connectivity index (χ4n) is 3.50. The number of fused-ring (bicyclic) bond motifs is 2. The first kappa shape index (κ1) is 16.9. The van der Waals surface area contributed by atoms with Crippen LogP contribution in [-0.2, 0) is 10.2 Å². The highest BCUT2D eigenvalue weighted by molar-refractivity contribution is 7.99. The van der Waals surface area contributed by atoms with Gasteiger partial charge in [0, 0.05) is 29.9 Å². The molecule has 0 N–H and O–H groups in total. The number of thioether (sulfide) groups is 1. The average Bonchev–Trinajstić information content (AvgIpc) is 3.13. The maximum Gasteiger partial charge on any atom is 0.257 e. The van der Waals surface area contributed by atoms with Crippen LogP contribution in [0.2, 0.25) is 0 Å². The normalized spacial score (nSPS) is 17.0. The second kappa shape index (κ2) is 6.32. The Labute approximate surface area is 156 Å². The molecule has 0 fully saturated rings. The molecule has 0 bridgehead atoms. The van der Waals surface area contributed by atoms with Crippen molar-refractivity contribution in [2.75, 3.05) is 17.7 Å². The number of likely N-dealkylation sites (N-methyl/N-ethyl adjacent to an activating group) is 1. The van der Waals surface area contributed by atoms with Crippen LogP contribution in [0, 0.1) is 0 Å². The number of para-hydroxylation sites is 3. The van der Waals surface area contributed by atoms with E-state index in [2.05, 4.69) is 35.9 Å². The zero-order chi connectivity index (χ0) is 18.3. The van der Waals surface area contributed by atoms with Gasteiger partial charge in [-0.2, -0.15) is 0 Å². The van der Waals surface area contributed by atoms with Crippen LogP contribution >= 0.6 is 11.8 Å². The molecule has 0 radical (unpaired) electrons. The van der Waals surface area contributed by atoms with Crippen molar-refractivity contribution in [2.24, 2.45) is 0 Å². The predicted octanol–water partition coefficient (Wildman–Crippen LogP) is 4.80. The molecule has 0 unspecified atom stereocenters. The Morgan fingerprint density at radius 3 is 2.69 bits per heavy atom. The Morgan fingerprint density at radius 1 is 1.19 bits per heavy atom. The number of nitrogens with zero attached hydrogens (tertiary/aromatic N) is 2. The molecule has 2 aromatic carbocycles. The molecular formula is C21H20N2O2S. The summed E-state index contributed by atoms with van der Waals surface area (Å²) in [5, 5.41) is 0.528. The van der Waals surface area contributed by atoms with E-state index in [-0.39, 0.29) is 11.2 Å². The molecule has 4 rings (SSSR count). The molecule has 4 nitrogen and oxygen atoms in total. The first-order valence-corrected chi connectivity index (χ1v) is 9.52. The number of carbonyl (C=O) groups is 1. The Kier molecular flexibility index (Phi) is 4.11. The zero-order valence-corrected chi connectivity index (χ0v) is 15.8. The van der Waals surface area contributed by atoms with Gasteiger partial charge in [-0.05, 0) is 23.8 Å². The highest BCUT2D eigenvalue weighted by Crippen LogP contribution is 2.46. The van der Waals surface area contributed by atoms with Crippen molar-refractivity contribution in [3.05, 3.63) is 65.9 Å². The van der Waals surface area contributed by atoms with Gasteiger partial charge in [-0.1, -0.05) is 55.9 Å². The monoisotopic (exact) mass is 364 g/mol. The van der Waals surface area contributed by atoms with Gasteiger partial charge in [0.25, 0.3) is 5.22 Å². The minimum Gasteiger partial charge on any atom is -0.431 e. The molecule has 5 heteroatoms. The lowest BCUT2D eigenvalue weighted by Crippen LogP contribution is -2.24. The average molecular weight is 364 g/mol. The molecular weight excluding hydrogens is 344 g/mol. The minimum absolute atomic E-state index is 0.0555. The molecule has 1 aromatic heterocycles. The van der Waals surface area contributed by atoms with Gasteiger partial charge in [-0.3, -0.25) is 4.79 Å². The number of anilines is 1. The quantitative estimate of drug-likeness (QED) is 0.491. The van der Waals surface area contributed by atoms with Gasteiger partial charge in [0.05, 0.1) is 5.75 Å². The lowest BCUT2D eigenvalue weighted by molar-refractivity contribution is -0.112. The number of oxazole rings is 1. The van der Waals surface area contributed by atoms with E-state index < -0.39 is 0 Å². The molecule has 3 aromatic rings. The summed E-state index contributed by atoms with van der Waals surface area (Å²) in [5.74, 6) is 0.358. The van der Waals surface area contributed by atoms with Crippen molar-refractivity contribution < 1.29 is 9.21 Å². The SMILES string of the molecule is CN1/C(=C\C(=O)CSc2nc3ccccc3o2)C(C)(C)c2ccccc21. The molecule has 0 saturated carbocycles. The summed E-state index contributed by atoms with van der Waals surface area (Å²) >= 11 is 1.33. The molecule has 132 valence electrons. The van der Waals surface area contributed by atoms with E-state index >= 15 is 0 Å². The van der Waals surface area contributed by atoms with Gasteiger partial charge in [-0.25, -0.2) is 4.98 Å². The standard InChI is InChI=1S/C21H20N2O2S/c1-21(2)15-8-4-6-10-17(15)23(3)19(21)12-14(24)13-26-20-22-16-9-5-7-11-18(16)25-20/h4-12H,13H2,1-3H3/b19-12-. The van der Waals surface area contributed by atoms with Crippen molar-refractivity contribution in [2.45, 2.75) is 24.5 Å². The van der Waals surface area contributed by atoms with Crippen LogP contribution in [0.3, 0.4) is 0 Å². The van der Waals surface area contributed by atoms with Crippen LogP contribution in [0.4, 0.5) is 5.69 Å². The smallest absolute Gasteiger partial charge is 0.257 e. The number of rotatable bonds is 4. The van der Waals surface area contributed by atoms with Crippen molar-refractivity contribution in [1.82, 2.24) is 4.98 Å². The molecule has 1 aliphatic rings. The molecule has 0 amide bonds. The van der Waals surface area contributed by atoms with E-state index in [9.17, 15) is 4.79 Å². The third kappa shape index (κ3) is 2.82. The number of hydrogen-bond acceptors (Lipinski definition) is 5. The first-order chi connectivity index (χ1) is 12.5. The third-order valence-electron chi connectivity index (χ3n) is 4.85. The summed E-state index contributed by atoms with van der Waals surface area (Å²) in [6, 6.07) is 15.9. The van der Waals surface area contributed by atoms with Gasteiger partial charge < -0.3 is 9.32 Å². The number of ketones is 1. The summed E-state index contributed by atoms with van der Waals surface area (Å²) in [4.78, 5) is 19.1. The van der Waals surface area contributed by atoms with Gasteiger partial charge in [0.2, 0.25) is 0 Å². The third-order valence-corrected chi connectivity index (χ3v) is 5.70. The van der Waals surface area contributed by atoms with E-state index in [0.717, 1.165) is 22.5 Å². The van der Waals surface area contributed by atoms with Crippen molar-refractivity contribution in [3.8, 4) is 0 Å². The predicted molar refractivity (Wildman–Crippen MR) is 106 cm³/mol. The molecule has 26 heavy (non-hydrogen) atoms. The van der Waals surface area contributed by atoms with Gasteiger partial charge >= 0.3 is 0 Å². The zero-order valence-electron chi connectivity index (χ0n) is 15.0. The van der Waals surface area contributed by atoms with Crippen molar-refractivity contribution in [1.29, 1.82) is 0 Å². The first-order valence-electron chi connectivity index (χ1n) is 8.53. The summed E-state index contributed by atoms with van der Waals surface area (Å²) in [6.07, 6.45) is 1.76. The van der Waals surface area contributed by atoms with Gasteiger partial charge in [0.1, 0.15) is 5.52 Å². The van der Waals surface area contributed by atoms with Crippen LogP contribution in [0.5, 0.6) is 0 Å². The minimum atomic E-state index is -0.191. The lowest BCUT2D eigenvalue weighted by atomic mass is 9.83. The van der Waals surface area contributed by atoms with Crippen molar-refractivity contribution in [3.63, 3.8) is 0 Å². The number of hydrogen-bond donors (Lipinski definition) is 0. The number of carbonyl (C=O) groups excluding carboxylic acids is 1. The van der Waals surface area contributed by atoms with Crippen LogP contribution in [0.1, 0.15) is 19.4 Å². The van der Waals surface area contributed by atoms with E-state index in [4.69, 9.17) is 4.42 Å². The highest BCUT2D eigenvalue weighted by Gasteiger charge is 2.38. The summed E-state index contributed by atoms with van der Waals surface area (Å²) in [7, 11) is 2.01. The van der Waals surface area contributed by atoms with Gasteiger partial charge in [0.15, 0.2) is 11.4 Å². The summed E-state index contributed by atoms with van der Waals surface area (Å²) < 4.78 is 5.67. The second-order valence-electron chi connectivity index (χ2n) is 6.93. The summed E-state index contributed by atoms with van der Waals surface area (Å²) in [6.45, 7) is 4.31. The van der Waals surface area contributed by atoms with E-state index in [0.29, 0.717) is 11.0 Å². The molecule has 0 aliphatic carbocycles. The fraction of sp³-hybridized carbons (Fsp3) is 0.238. The highest BCUT2D eigenvalue weighted by atomic mass is 32.2. The summed E-state index contributed by atoms with van der Waals surface area (Å²) in [5.41, 5.74) is 4.78. The Bertz CT molecular complexity index is 987. The van der Waals surface area contributed by atoms with Crippen LogP contribution in [0.15, 0.2) is 69.9 Å². The maximum absolute atomic E-state index is 12.6.